The van der Waals surface area contributed by atoms with Crippen molar-refractivity contribution < 1.29 is 9.53 Å². The zero-order valence-electron chi connectivity index (χ0n) is 8.70. The van der Waals surface area contributed by atoms with Crippen LogP contribution in [0.15, 0.2) is 18.2 Å². The van der Waals surface area contributed by atoms with Crippen molar-refractivity contribution in [1.29, 1.82) is 0 Å². The highest BCUT2D eigenvalue weighted by atomic mass is 16.5. The largest absolute Gasteiger partial charge is 0.460 e. The van der Waals surface area contributed by atoms with Crippen LogP contribution in [0, 0.1) is 6.92 Å². The van der Waals surface area contributed by atoms with Crippen LogP contribution >= 0.6 is 0 Å². The quantitative estimate of drug-likeness (QED) is 0.761. The molecule has 0 aliphatic carbocycles. The zero-order valence-corrected chi connectivity index (χ0v) is 8.70. The van der Waals surface area contributed by atoms with Crippen LogP contribution in [0.5, 0.6) is 0 Å². The van der Waals surface area contributed by atoms with Crippen LogP contribution in [-0.2, 0) is 4.74 Å². The van der Waals surface area contributed by atoms with Crippen LogP contribution in [0.1, 0.15) is 23.1 Å². The van der Waals surface area contributed by atoms with E-state index in [-0.39, 0.29) is 5.82 Å². The monoisotopic (exact) mass is 204 g/mol. The number of hydrogen-bond donors (Lipinski definition) is 1. The molecule has 4 nitrogen and oxygen atoms in total. The van der Waals surface area contributed by atoms with E-state index in [1.807, 2.05) is 25.1 Å². The van der Waals surface area contributed by atoms with E-state index < -0.39 is 5.97 Å². The van der Waals surface area contributed by atoms with Gasteiger partial charge in [-0.05, 0) is 31.5 Å². The molecule has 1 N–H and O–H groups in total. The topological polar surface area (TPSA) is 55.0 Å². The van der Waals surface area contributed by atoms with Gasteiger partial charge in [-0.1, -0.05) is 6.07 Å². The van der Waals surface area contributed by atoms with E-state index in [1.165, 1.54) is 0 Å². The first-order chi connectivity index (χ1) is 7.20. The normalized spacial score (nSPS) is 10.5. The predicted molar refractivity (Wildman–Crippen MR) is 56.8 cm³/mol. The lowest BCUT2D eigenvalue weighted by Crippen LogP contribution is -2.06. The summed E-state index contributed by atoms with van der Waals surface area (Å²) in [6.07, 6.45) is 0. The van der Waals surface area contributed by atoms with Gasteiger partial charge in [0, 0.05) is 0 Å². The molecule has 2 rings (SSSR count). The van der Waals surface area contributed by atoms with Crippen molar-refractivity contribution in [2.45, 2.75) is 13.8 Å². The number of fused-ring (bicyclic) bond motifs is 1. The fourth-order valence-electron chi connectivity index (χ4n) is 1.42. The third-order valence-electron chi connectivity index (χ3n) is 2.11. The molecular formula is C11H12N2O2. The number of aryl methyl sites for hydroxylation is 1. The van der Waals surface area contributed by atoms with Gasteiger partial charge in [0.2, 0.25) is 5.82 Å². The molecular weight excluding hydrogens is 192 g/mol. The fourth-order valence-corrected chi connectivity index (χ4v) is 1.42. The lowest BCUT2D eigenvalue weighted by molar-refractivity contribution is 0.0514. The van der Waals surface area contributed by atoms with Crippen molar-refractivity contribution in [1.82, 2.24) is 9.97 Å². The second-order valence-corrected chi connectivity index (χ2v) is 3.33. The van der Waals surface area contributed by atoms with Gasteiger partial charge in [-0.15, -0.1) is 0 Å². The minimum Gasteiger partial charge on any atom is -0.460 e. The Morgan fingerprint density at radius 2 is 2.33 bits per heavy atom. The summed E-state index contributed by atoms with van der Waals surface area (Å²) >= 11 is 0. The minimum absolute atomic E-state index is 0.262. The first-order valence-electron chi connectivity index (χ1n) is 4.84. The number of hydrogen-bond acceptors (Lipinski definition) is 3. The zero-order chi connectivity index (χ0) is 10.8. The highest BCUT2D eigenvalue weighted by Crippen LogP contribution is 2.13. The molecule has 0 radical (unpaired) electrons. The van der Waals surface area contributed by atoms with Gasteiger partial charge in [-0.3, -0.25) is 0 Å². The van der Waals surface area contributed by atoms with Crippen LogP contribution in [0.3, 0.4) is 0 Å². The Hall–Kier alpha value is -1.84. The van der Waals surface area contributed by atoms with Crippen molar-refractivity contribution >= 4 is 17.0 Å². The Bertz CT molecular complexity index is 502. The van der Waals surface area contributed by atoms with Crippen LogP contribution in [0.4, 0.5) is 0 Å². The number of H-pyrrole nitrogens is 1. The third-order valence-corrected chi connectivity index (χ3v) is 2.11. The summed E-state index contributed by atoms with van der Waals surface area (Å²) in [7, 11) is 0. The van der Waals surface area contributed by atoms with E-state index in [9.17, 15) is 4.79 Å². The molecule has 0 spiro atoms. The van der Waals surface area contributed by atoms with Crippen molar-refractivity contribution in [3.63, 3.8) is 0 Å². The molecule has 2 aromatic rings. The number of aromatic amines is 1. The molecule has 0 fully saturated rings. The van der Waals surface area contributed by atoms with Crippen molar-refractivity contribution in [2.24, 2.45) is 0 Å². The molecule has 15 heavy (non-hydrogen) atoms. The Kier molecular flexibility index (Phi) is 2.41. The Balaban J connectivity index is 2.42. The van der Waals surface area contributed by atoms with E-state index in [1.54, 1.807) is 6.92 Å². The van der Waals surface area contributed by atoms with Gasteiger partial charge in [0.05, 0.1) is 17.6 Å². The molecule has 4 heteroatoms. The van der Waals surface area contributed by atoms with Gasteiger partial charge in [0.25, 0.3) is 0 Å². The van der Waals surface area contributed by atoms with Crippen molar-refractivity contribution in [2.75, 3.05) is 6.61 Å². The lowest BCUT2D eigenvalue weighted by atomic mass is 10.2. The number of imidazole rings is 1. The molecule has 0 unspecified atom stereocenters. The van der Waals surface area contributed by atoms with Crippen LogP contribution in [0.25, 0.3) is 11.0 Å². The minimum atomic E-state index is -0.411. The van der Waals surface area contributed by atoms with E-state index in [4.69, 9.17) is 4.74 Å². The number of rotatable bonds is 2. The number of benzene rings is 1. The summed E-state index contributed by atoms with van der Waals surface area (Å²) in [6.45, 7) is 4.12. The molecule has 0 aliphatic heterocycles. The van der Waals surface area contributed by atoms with E-state index in [2.05, 4.69) is 9.97 Å². The summed E-state index contributed by atoms with van der Waals surface area (Å²) in [6, 6.07) is 5.78. The summed E-state index contributed by atoms with van der Waals surface area (Å²) in [5.41, 5.74) is 2.77. The predicted octanol–water partition coefficient (Wildman–Crippen LogP) is 2.05. The van der Waals surface area contributed by atoms with E-state index >= 15 is 0 Å². The number of carbonyl (C=O) groups excluding carboxylic acids is 1. The number of carbonyl (C=O) groups is 1. The maximum atomic E-state index is 11.4. The molecule has 0 saturated heterocycles. The van der Waals surface area contributed by atoms with Gasteiger partial charge in [0.15, 0.2) is 0 Å². The summed E-state index contributed by atoms with van der Waals surface area (Å²) < 4.78 is 4.86. The number of esters is 1. The Morgan fingerprint density at radius 1 is 1.53 bits per heavy atom. The summed E-state index contributed by atoms with van der Waals surface area (Å²) in [4.78, 5) is 18.5. The average molecular weight is 204 g/mol. The highest BCUT2D eigenvalue weighted by molar-refractivity contribution is 5.90. The Labute approximate surface area is 87.3 Å². The fraction of sp³-hybridized carbons (Fsp3) is 0.273. The second-order valence-electron chi connectivity index (χ2n) is 3.33. The maximum Gasteiger partial charge on any atom is 0.374 e. The van der Waals surface area contributed by atoms with Gasteiger partial charge in [-0.25, -0.2) is 9.78 Å². The number of aromatic nitrogens is 2. The molecule has 1 aromatic heterocycles. The standard InChI is InChI=1S/C11H12N2O2/c1-3-15-11(14)10-12-8-5-4-7(2)6-9(8)13-10/h4-6H,3H2,1-2H3,(H,12,13). The van der Waals surface area contributed by atoms with Gasteiger partial charge >= 0.3 is 5.97 Å². The SMILES string of the molecule is CCOC(=O)c1nc2ccc(C)cc2[nH]1. The summed E-state index contributed by atoms with van der Waals surface area (Å²) in [5, 5.41) is 0. The molecule has 1 aromatic carbocycles. The highest BCUT2D eigenvalue weighted by Gasteiger charge is 2.11. The second kappa shape index (κ2) is 3.73. The van der Waals surface area contributed by atoms with Gasteiger partial charge < -0.3 is 9.72 Å². The molecule has 1 heterocycles. The molecule has 78 valence electrons. The summed E-state index contributed by atoms with van der Waals surface area (Å²) in [5.74, 6) is -0.149. The average Bonchev–Trinajstić information content (AvgIpc) is 2.60. The number of nitrogens with zero attached hydrogens (tertiary/aromatic N) is 1. The van der Waals surface area contributed by atoms with Crippen LogP contribution < -0.4 is 0 Å². The van der Waals surface area contributed by atoms with Gasteiger partial charge in [0.1, 0.15) is 0 Å². The van der Waals surface area contributed by atoms with E-state index in [0.29, 0.717) is 6.61 Å². The maximum absolute atomic E-state index is 11.4. The Morgan fingerprint density at radius 3 is 3.07 bits per heavy atom. The first-order valence-corrected chi connectivity index (χ1v) is 4.84. The smallest absolute Gasteiger partial charge is 0.374 e. The first kappa shape index (κ1) is 9.71. The molecule has 0 bridgehead atoms. The van der Waals surface area contributed by atoms with Crippen molar-refractivity contribution in [3.05, 3.63) is 29.6 Å². The third kappa shape index (κ3) is 1.83. The molecule has 0 amide bonds. The molecule has 0 saturated carbocycles. The molecule has 0 aliphatic rings. The van der Waals surface area contributed by atoms with Crippen molar-refractivity contribution in [3.8, 4) is 0 Å². The van der Waals surface area contributed by atoms with Gasteiger partial charge in [-0.2, -0.15) is 0 Å². The molecule has 0 atom stereocenters. The number of nitrogens with one attached hydrogen (secondary N) is 1. The number of ether oxygens (including phenoxy) is 1. The lowest BCUT2D eigenvalue weighted by Gasteiger charge is -1.95. The van der Waals surface area contributed by atoms with Crippen LogP contribution in [0.2, 0.25) is 0 Å². The van der Waals surface area contributed by atoms with E-state index in [0.717, 1.165) is 16.6 Å². The van der Waals surface area contributed by atoms with Crippen LogP contribution in [-0.4, -0.2) is 22.5 Å².